The van der Waals surface area contributed by atoms with Crippen LogP contribution >= 0.6 is 11.3 Å². The molecule has 0 aliphatic heterocycles. The number of unbranched alkanes of at least 4 members (excludes halogenated alkanes) is 1. The average Bonchev–Trinajstić information content (AvgIpc) is 3.47. The fraction of sp³-hybridized carbons (Fsp3) is 0.200. The minimum Gasteiger partial charge on any atom is -0.304 e. The van der Waals surface area contributed by atoms with Crippen LogP contribution in [0.15, 0.2) is 60.1 Å². The van der Waals surface area contributed by atoms with Gasteiger partial charge in [0, 0.05) is 12.6 Å². The molecule has 0 fully saturated rings. The Morgan fingerprint density at radius 3 is 2.75 bits per heavy atom. The van der Waals surface area contributed by atoms with Crippen molar-refractivity contribution in [3.63, 3.8) is 0 Å². The van der Waals surface area contributed by atoms with Gasteiger partial charge < -0.3 is 5.32 Å². The van der Waals surface area contributed by atoms with E-state index in [4.69, 9.17) is 0 Å². The number of aromatic nitrogens is 5. The quantitative estimate of drug-likeness (QED) is 0.510. The van der Waals surface area contributed by atoms with E-state index in [1.165, 1.54) is 0 Å². The van der Waals surface area contributed by atoms with Crippen LogP contribution < -0.4 is 5.32 Å². The summed E-state index contributed by atoms with van der Waals surface area (Å²) >= 11 is 1.56. The molecule has 1 aromatic carbocycles. The second kappa shape index (κ2) is 8.18. The summed E-state index contributed by atoms with van der Waals surface area (Å²) in [6, 6.07) is 15.4. The van der Waals surface area contributed by atoms with Crippen molar-refractivity contribution in [2.45, 2.75) is 26.3 Å². The van der Waals surface area contributed by atoms with Crippen LogP contribution in [0.3, 0.4) is 0 Å². The van der Waals surface area contributed by atoms with Crippen molar-refractivity contribution in [3.8, 4) is 16.4 Å². The SMILES string of the molecule is CCCCn1nccc1NC(=O)c1nc(-c2cccs2)n(-c2ccccc2)n1. The van der Waals surface area contributed by atoms with Gasteiger partial charge in [-0.2, -0.15) is 5.10 Å². The number of hydrogen-bond acceptors (Lipinski definition) is 5. The Balaban J connectivity index is 1.65. The Kier molecular flexibility index (Phi) is 5.29. The lowest BCUT2D eigenvalue weighted by Crippen LogP contribution is -2.17. The first kappa shape index (κ1) is 18.1. The Morgan fingerprint density at radius 2 is 2.00 bits per heavy atom. The van der Waals surface area contributed by atoms with Crippen molar-refractivity contribution in [1.29, 1.82) is 0 Å². The van der Waals surface area contributed by atoms with Gasteiger partial charge in [0.25, 0.3) is 5.91 Å². The van der Waals surface area contributed by atoms with Gasteiger partial charge in [0.1, 0.15) is 5.82 Å². The van der Waals surface area contributed by atoms with Crippen molar-refractivity contribution in [2.24, 2.45) is 0 Å². The van der Waals surface area contributed by atoms with Gasteiger partial charge in [-0.25, -0.2) is 14.3 Å². The van der Waals surface area contributed by atoms with Gasteiger partial charge in [0.15, 0.2) is 5.82 Å². The van der Waals surface area contributed by atoms with Crippen molar-refractivity contribution in [1.82, 2.24) is 24.5 Å². The predicted molar refractivity (Wildman–Crippen MR) is 110 cm³/mol. The van der Waals surface area contributed by atoms with Gasteiger partial charge in [-0.1, -0.05) is 37.6 Å². The highest BCUT2D eigenvalue weighted by Gasteiger charge is 2.20. The van der Waals surface area contributed by atoms with Gasteiger partial charge in [-0.15, -0.1) is 16.4 Å². The highest BCUT2D eigenvalue weighted by Crippen LogP contribution is 2.25. The fourth-order valence-electron chi connectivity index (χ4n) is 2.82. The van der Waals surface area contributed by atoms with Crippen molar-refractivity contribution in [3.05, 3.63) is 65.9 Å². The molecule has 0 spiro atoms. The van der Waals surface area contributed by atoms with Crippen LogP contribution in [-0.4, -0.2) is 30.5 Å². The maximum absolute atomic E-state index is 12.8. The highest BCUT2D eigenvalue weighted by molar-refractivity contribution is 7.13. The molecule has 8 heteroatoms. The monoisotopic (exact) mass is 392 g/mol. The number of benzene rings is 1. The molecular weight excluding hydrogens is 372 g/mol. The number of anilines is 1. The molecule has 3 aromatic heterocycles. The summed E-state index contributed by atoms with van der Waals surface area (Å²) in [6.45, 7) is 2.87. The third kappa shape index (κ3) is 3.72. The summed E-state index contributed by atoms with van der Waals surface area (Å²) in [4.78, 5) is 18.3. The second-order valence-electron chi connectivity index (χ2n) is 6.23. The van der Waals surface area contributed by atoms with Crippen LogP contribution in [0.2, 0.25) is 0 Å². The zero-order valence-electron chi connectivity index (χ0n) is 15.4. The number of hydrogen-bond donors (Lipinski definition) is 1. The molecule has 142 valence electrons. The second-order valence-corrected chi connectivity index (χ2v) is 7.18. The molecule has 0 unspecified atom stereocenters. The van der Waals surface area contributed by atoms with E-state index in [0.29, 0.717) is 11.6 Å². The van der Waals surface area contributed by atoms with Crippen molar-refractivity contribution >= 4 is 23.1 Å². The molecule has 0 aliphatic carbocycles. The Labute approximate surface area is 166 Å². The average molecular weight is 392 g/mol. The third-order valence-corrected chi connectivity index (χ3v) is 5.10. The smallest absolute Gasteiger partial charge is 0.296 e. The molecular formula is C20H20N6OS. The van der Waals surface area contributed by atoms with Crippen molar-refractivity contribution < 1.29 is 4.79 Å². The van der Waals surface area contributed by atoms with Crippen LogP contribution in [0.4, 0.5) is 5.82 Å². The topological polar surface area (TPSA) is 77.6 Å². The number of amides is 1. The lowest BCUT2D eigenvalue weighted by Gasteiger charge is -2.06. The van der Waals surface area contributed by atoms with E-state index in [1.54, 1.807) is 33.0 Å². The van der Waals surface area contributed by atoms with E-state index < -0.39 is 0 Å². The van der Waals surface area contributed by atoms with Gasteiger partial charge in [0.2, 0.25) is 5.82 Å². The predicted octanol–water partition coefficient (Wildman–Crippen LogP) is 4.24. The molecule has 1 amide bonds. The van der Waals surface area contributed by atoms with E-state index in [0.717, 1.165) is 30.0 Å². The molecule has 28 heavy (non-hydrogen) atoms. The molecule has 0 atom stereocenters. The first-order valence-corrected chi connectivity index (χ1v) is 10.0. The van der Waals surface area contributed by atoms with Crippen LogP contribution in [0.1, 0.15) is 30.4 Å². The zero-order chi connectivity index (χ0) is 19.3. The normalized spacial score (nSPS) is 10.9. The summed E-state index contributed by atoms with van der Waals surface area (Å²) in [5.41, 5.74) is 0.852. The maximum Gasteiger partial charge on any atom is 0.296 e. The third-order valence-electron chi connectivity index (χ3n) is 4.23. The number of nitrogens with zero attached hydrogens (tertiary/aromatic N) is 5. The molecule has 0 saturated carbocycles. The fourth-order valence-corrected chi connectivity index (χ4v) is 3.52. The number of nitrogens with one attached hydrogen (secondary N) is 1. The van der Waals surface area contributed by atoms with E-state index in [1.807, 2.05) is 47.8 Å². The van der Waals surface area contributed by atoms with Gasteiger partial charge >= 0.3 is 0 Å². The number of thiophene rings is 1. The highest BCUT2D eigenvalue weighted by atomic mass is 32.1. The minimum atomic E-state index is -0.356. The van der Waals surface area contributed by atoms with Crippen LogP contribution in [0.5, 0.6) is 0 Å². The molecule has 3 heterocycles. The molecule has 0 bridgehead atoms. The van der Waals surface area contributed by atoms with E-state index in [-0.39, 0.29) is 11.7 Å². The van der Waals surface area contributed by atoms with Crippen LogP contribution in [0.25, 0.3) is 16.4 Å². The first-order chi connectivity index (χ1) is 13.8. The first-order valence-electron chi connectivity index (χ1n) is 9.16. The number of para-hydroxylation sites is 1. The number of carbonyl (C=O) groups is 1. The summed E-state index contributed by atoms with van der Waals surface area (Å²) in [7, 11) is 0. The van der Waals surface area contributed by atoms with E-state index in [2.05, 4.69) is 27.4 Å². The molecule has 0 radical (unpaired) electrons. The van der Waals surface area contributed by atoms with Gasteiger partial charge in [0.05, 0.1) is 16.8 Å². The minimum absolute atomic E-state index is 0.121. The molecule has 1 N–H and O–H groups in total. The summed E-state index contributed by atoms with van der Waals surface area (Å²) in [6.07, 6.45) is 3.73. The van der Waals surface area contributed by atoms with Gasteiger partial charge in [-0.3, -0.25) is 4.79 Å². The molecule has 4 rings (SSSR count). The lowest BCUT2D eigenvalue weighted by molar-refractivity contribution is 0.101. The van der Waals surface area contributed by atoms with Crippen molar-refractivity contribution in [2.75, 3.05) is 5.32 Å². The summed E-state index contributed by atoms with van der Waals surface area (Å²) < 4.78 is 3.49. The van der Waals surface area contributed by atoms with E-state index >= 15 is 0 Å². The summed E-state index contributed by atoms with van der Waals surface area (Å²) in [5, 5.41) is 13.6. The molecule has 4 aromatic rings. The zero-order valence-corrected chi connectivity index (χ0v) is 16.3. The molecule has 7 nitrogen and oxygen atoms in total. The molecule has 0 saturated heterocycles. The Hall–Kier alpha value is -3.26. The Bertz CT molecular complexity index is 1050. The number of rotatable bonds is 7. The van der Waals surface area contributed by atoms with E-state index in [9.17, 15) is 4.79 Å². The van der Waals surface area contributed by atoms with Crippen LogP contribution in [-0.2, 0) is 6.54 Å². The number of carbonyl (C=O) groups excluding carboxylic acids is 1. The van der Waals surface area contributed by atoms with Crippen LogP contribution in [0, 0.1) is 0 Å². The lowest BCUT2D eigenvalue weighted by atomic mass is 10.3. The Morgan fingerprint density at radius 1 is 1.14 bits per heavy atom. The summed E-state index contributed by atoms with van der Waals surface area (Å²) in [5.74, 6) is 1.05. The maximum atomic E-state index is 12.8. The standard InChI is InChI=1S/C20H20N6OS/c1-2-3-13-25-17(11-12-21-25)22-20(27)18-23-19(16-10-7-14-28-16)26(24-18)15-8-5-4-6-9-15/h4-12,14H,2-3,13H2,1H3,(H,22,27). The largest absolute Gasteiger partial charge is 0.304 e. The molecule has 0 aliphatic rings. The number of aryl methyl sites for hydroxylation is 1. The van der Waals surface area contributed by atoms with Gasteiger partial charge in [-0.05, 0) is 30.0 Å².